The monoisotopic (exact) mass is 292 g/mol. The Morgan fingerprint density at radius 2 is 2.14 bits per heavy atom. The number of para-hydroxylation sites is 1. The van der Waals surface area contributed by atoms with E-state index in [0.29, 0.717) is 30.4 Å². The normalized spacial score (nSPS) is 22.4. The molecule has 116 valence electrons. The molecule has 1 fully saturated rings. The van der Waals surface area contributed by atoms with Gasteiger partial charge >= 0.3 is 0 Å². The van der Waals surface area contributed by atoms with Crippen molar-refractivity contribution in [3.05, 3.63) is 29.8 Å². The van der Waals surface area contributed by atoms with E-state index >= 15 is 0 Å². The molecule has 0 saturated carbocycles. The minimum absolute atomic E-state index is 0.0249. The molecule has 1 aliphatic rings. The summed E-state index contributed by atoms with van der Waals surface area (Å²) < 4.78 is 5.26. The third-order valence-electron chi connectivity index (χ3n) is 4.22. The highest BCUT2D eigenvalue weighted by Crippen LogP contribution is 2.25. The van der Waals surface area contributed by atoms with E-state index in [1.54, 1.807) is 19.2 Å². The van der Waals surface area contributed by atoms with E-state index in [2.05, 4.69) is 4.90 Å². The average Bonchev–Trinajstić information content (AvgIpc) is 2.53. The Morgan fingerprint density at radius 3 is 2.76 bits per heavy atom. The van der Waals surface area contributed by atoms with Gasteiger partial charge in [-0.25, -0.2) is 0 Å². The second-order valence-corrected chi connectivity index (χ2v) is 5.71. The topological polar surface area (TPSA) is 53.0 Å². The Kier molecular flexibility index (Phi) is 5.20. The van der Waals surface area contributed by atoms with Crippen molar-refractivity contribution in [2.24, 2.45) is 5.92 Å². The lowest BCUT2D eigenvalue weighted by Gasteiger charge is -2.41. The van der Waals surface area contributed by atoms with Gasteiger partial charge in [-0.2, -0.15) is 0 Å². The zero-order valence-electron chi connectivity index (χ0n) is 13.0. The van der Waals surface area contributed by atoms with Gasteiger partial charge < -0.3 is 19.6 Å². The lowest BCUT2D eigenvalue weighted by molar-refractivity contribution is 0.0376. The van der Waals surface area contributed by atoms with E-state index in [1.807, 2.05) is 31.1 Å². The number of carbonyl (C=O) groups is 1. The number of likely N-dealkylation sites (tertiary alicyclic amines) is 1. The molecule has 0 aliphatic carbocycles. The van der Waals surface area contributed by atoms with Crippen molar-refractivity contribution in [1.29, 1.82) is 0 Å². The summed E-state index contributed by atoms with van der Waals surface area (Å²) in [4.78, 5) is 16.6. The number of hydrogen-bond acceptors (Lipinski definition) is 4. The van der Waals surface area contributed by atoms with Crippen LogP contribution in [0.5, 0.6) is 5.75 Å². The first kappa shape index (κ1) is 15.8. The van der Waals surface area contributed by atoms with Gasteiger partial charge in [0.2, 0.25) is 0 Å². The molecule has 1 aliphatic heterocycles. The van der Waals surface area contributed by atoms with Gasteiger partial charge in [-0.05, 0) is 32.6 Å². The number of rotatable bonds is 4. The van der Waals surface area contributed by atoms with Crippen LogP contribution in [-0.4, -0.2) is 67.8 Å². The number of aliphatic hydroxyl groups is 1. The number of ether oxygens (including phenoxy) is 1. The van der Waals surface area contributed by atoms with Crippen LogP contribution >= 0.6 is 0 Å². The summed E-state index contributed by atoms with van der Waals surface area (Å²) in [7, 11) is 5.61. The number of methoxy groups -OCH3 is 1. The maximum atomic E-state index is 12.7. The number of amides is 1. The summed E-state index contributed by atoms with van der Waals surface area (Å²) in [5, 5.41) is 9.59. The van der Waals surface area contributed by atoms with Crippen molar-refractivity contribution in [2.75, 3.05) is 40.9 Å². The number of hydrogen-bond donors (Lipinski definition) is 1. The van der Waals surface area contributed by atoms with Crippen LogP contribution in [0.2, 0.25) is 0 Å². The first-order valence-corrected chi connectivity index (χ1v) is 7.28. The Hall–Kier alpha value is -1.59. The van der Waals surface area contributed by atoms with Crippen LogP contribution in [0.25, 0.3) is 0 Å². The van der Waals surface area contributed by atoms with E-state index in [4.69, 9.17) is 4.74 Å². The zero-order valence-corrected chi connectivity index (χ0v) is 13.0. The molecule has 2 atom stereocenters. The summed E-state index contributed by atoms with van der Waals surface area (Å²) in [5.41, 5.74) is 0.583. The number of benzene rings is 1. The van der Waals surface area contributed by atoms with Crippen LogP contribution in [0.4, 0.5) is 0 Å². The van der Waals surface area contributed by atoms with Gasteiger partial charge in [0.05, 0.1) is 12.7 Å². The molecule has 5 heteroatoms. The molecule has 0 radical (unpaired) electrons. The van der Waals surface area contributed by atoms with Crippen molar-refractivity contribution in [3.8, 4) is 5.75 Å². The van der Waals surface area contributed by atoms with Crippen LogP contribution in [-0.2, 0) is 0 Å². The molecule has 0 spiro atoms. The molecule has 21 heavy (non-hydrogen) atoms. The third-order valence-corrected chi connectivity index (χ3v) is 4.22. The second-order valence-electron chi connectivity index (χ2n) is 5.71. The van der Waals surface area contributed by atoms with Gasteiger partial charge in [0, 0.05) is 31.7 Å². The lowest BCUT2D eigenvalue weighted by Crippen LogP contribution is -2.51. The molecule has 1 saturated heterocycles. The first-order valence-electron chi connectivity index (χ1n) is 7.28. The molecule has 1 aromatic rings. The third kappa shape index (κ3) is 3.36. The average molecular weight is 292 g/mol. The van der Waals surface area contributed by atoms with Crippen LogP contribution in [0.3, 0.4) is 0 Å². The highest BCUT2D eigenvalue weighted by atomic mass is 16.5. The summed E-state index contributed by atoms with van der Waals surface area (Å²) in [5.74, 6) is 0.660. The SMILES string of the molecule is COc1ccccc1C(=O)N1CC[C@@H](N(C)C)[C@@H](CO)C1. The molecule has 0 bridgehead atoms. The molecule has 5 nitrogen and oxygen atoms in total. The standard InChI is InChI=1S/C16H24N2O3/c1-17(2)14-8-9-18(10-12(14)11-19)16(20)13-6-4-5-7-15(13)21-3/h4-7,12,14,19H,8-11H2,1-3H3/t12-,14-/m1/s1. The highest BCUT2D eigenvalue weighted by Gasteiger charge is 2.33. The van der Waals surface area contributed by atoms with Gasteiger partial charge in [-0.15, -0.1) is 0 Å². The smallest absolute Gasteiger partial charge is 0.257 e. The minimum atomic E-state index is -0.0249. The Morgan fingerprint density at radius 1 is 1.43 bits per heavy atom. The fourth-order valence-electron chi connectivity index (χ4n) is 3.06. The van der Waals surface area contributed by atoms with Crippen molar-refractivity contribution in [3.63, 3.8) is 0 Å². The van der Waals surface area contributed by atoms with Crippen LogP contribution in [0.1, 0.15) is 16.8 Å². The molecule has 0 aromatic heterocycles. The largest absolute Gasteiger partial charge is 0.496 e. The summed E-state index contributed by atoms with van der Waals surface area (Å²) >= 11 is 0. The Balaban J connectivity index is 2.14. The van der Waals surface area contributed by atoms with Crippen LogP contribution in [0, 0.1) is 5.92 Å². The van der Waals surface area contributed by atoms with Crippen LogP contribution in [0.15, 0.2) is 24.3 Å². The summed E-state index contributed by atoms with van der Waals surface area (Å²) in [6.45, 7) is 1.38. The van der Waals surface area contributed by atoms with Crippen LogP contribution < -0.4 is 4.74 Å². The second kappa shape index (κ2) is 6.91. The summed E-state index contributed by atoms with van der Waals surface area (Å²) in [6.07, 6.45) is 0.874. The van der Waals surface area contributed by atoms with Gasteiger partial charge in [0.25, 0.3) is 5.91 Å². The van der Waals surface area contributed by atoms with Gasteiger partial charge in [-0.3, -0.25) is 4.79 Å². The molecule has 1 amide bonds. The summed E-state index contributed by atoms with van der Waals surface area (Å²) in [6, 6.07) is 7.59. The van der Waals surface area contributed by atoms with Crippen molar-refractivity contribution >= 4 is 5.91 Å². The highest BCUT2D eigenvalue weighted by molar-refractivity contribution is 5.97. The molecule has 1 heterocycles. The molecule has 2 rings (SSSR count). The Bertz CT molecular complexity index is 490. The fourth-order valence-corrected chi connectivity index (χ4v) is 3.06. The number of aliphatic hydroxyl groups excluding tert-OH is 1. The van der Waals surface area contributed by atoms with E-state index in [1.165, 1.54) is 0 Å². The van der Waals surface area contributed by atoms with Crippen molar-refractivity contribution < 1.29 is 14.6 Å². The van der Waals surface area contributed by atoms with Crippen molar-refractivity contribution in [1.82, 2.24) is 9.80 Å². The fraction of sp³-hybridized carbons (Fsp3) is 0.562. The predicted octanol–water partition coefficient (Wildman–Crippen LogP) is 1.08. The number of carbonyl (C=O) groups excluding carboxylic acids is 1. The molecule has 0 unspecified atom stereocenters. The minimum Gasteiger partial charge on any atom is -0.496 e. The first-order chi connectivity index (χ1) is 10.1. The number of nitrogens with zero attached hydrogens (tertiary/aromatic N) is 2. The van der Waals surface area contributed by atoms with Gasteiger partial charge in [-0.1, -0.05) is 12.1 Å². The van der Waals surface area contributed by atoms with E-state index in [-0.39, 0.29) is 18.4 Å². The van der Waals surface area contributed by atoms with Crippen molar-refractivity contribution in [2.45, 2.75) is 12.5 Å². The molecule has 1 N–H and O–H groups in total. The van der Waals surface area contributed by atoms with E-state index in [0.717, 1.165) is 6.42 Å². The number of piperidine rings is 1. The maximum Gasteiger partial charge on any atom is 0.257 e. The molecular formula is C16H24N2O3. The lowest BCUT2D eigenvalue weighted by atomic mass is 9.91. The molecular weight excluding hydrogens is 268 g/mol. The quantitative estimate of drug-likeness (QED) is 0.902. The van der Waals surface area contributed by atoms with Gasteiger partial charge in [0.15, 0.2) is 0 Å². The van der Waals surface area contributed by atoms with E-state index < -0.39 is 0 Å². The van der Waals surface area contributed by atoms with E-state index in [9.17, 15) is 9.90 Å². The van der Waals surface area contributed by atoms with Gasteiger partial charge in [0.1, 0.15) is 5.75 Å². The predicted molar refractivity (Wildman–Crippen MR) is 81.6 cm³/mol. The maximum absolute atomic E-state index is 12.7. The molecule has 1 aromatic carbocycles. The zero-order chi connectivity index (χ0) is 15.4. The Labute approximate surface area is 126 Å².